The molecule has 0 spiro atoms. The van der Waals surface area contributed by atoms with Crippen LogP contribution in [0, 0.1) is 6.92 Å². The number of imidazole rings is 1. The van der Waals surface area contributed by atoms with Crippen LogP contribution in [0.2, 0.25) is 5.02 Å². The average molecular weight is 316 g/mol. The Morgan fingerprint density at radius 2 is 2.12 bits per heavy atom. The molecule has 0 unspecified atom stereocenters. The third-order valence-electron chi connectivity index (χ3n) is 2.59. The summed E-state index contributed by atoms with van der Waals surface area (Å²) in [7, 11) is 3.58. The molecule has 5 heteroatoms. The van der Waals surface area contributed by atoms with Gasteiger partial charge in [0.05, 0.1) is 18.4 Å². The van der Waals surface area contributed by atoms with Crippen LogP contribution < -0.4 is 4.74 Å². The first kappa shape index (κ1) is 12.5. The fraction of sp³-hybridized carbons (Fsp3) is 0.250. The molecule has 1 aromatic heterocycles. The third kappa shape index (κ3) is 2.19. The van der Waals surface area contributed by atoms with Crippen molar-refractivity contribution < 1.29 is 4.74 Å². The summed E-state index contributed by atoms with van der Waals surface area (Å²) in [5, 5.41) is 0.664. The quantitative estimate of drug-likeness (QED) is 0.842. The van der Waals surface area contributed by atoms with E-state index in [-0.39, 0.29) is 0 Å². The van der Waals surface area contributed by atoms with E-state index < -0.39 is 0 Å². The van der Waals surface area contributed by atoms with Gasteiger partial charge in [-0.3, -0.25) is 0 Å². The lowest BCUT2D eigenvalue weighted by Gasteiger charge is -2.08. The van der Waals surface area contributed by atoms with Gasteiger partial charge in [0.15, 0.2) is 0 Å². The molecule has 0 fully saturated rings. The molecule has 0 N–H and O–H groups in total. The summed E-state index contributed by atoms with van der Waals surface area (Å²) < 4.78 is 8.25. The predicted octanol–water partition coefficient (Wildman–Crippen LogP) is 3.82. The molecule has 0 aliphatic carbocycles. The standard InChI is InChI=1S/C12H12BrClN2O/c1-7-11(13)16(2)12(15-7)9-6-8(14)4-5-10(9)17-3/h4-6H,1-3H3. The number of benzene rings is 1. The van der Waals surface area contributed by atoms with E-state index in [1.165, 1.54) is 0 Å². The maximum atomic E-state index is 6.02. The van der Waals surface area contributed by atoms with Gasteiger partial charge in [-0.2, -0.15) is 0 Å². The van der Waals surface area contributed by atoms with Crippen LogP contribution in [0.3, 0.4) is 0 Å². The molecule has 17 heavy (non-hydrogen) atoms. The van der Waals surface area contributed by atoms with Gasteiger partial charge in [-0.25, -0.2) is 4.98 Å². The van der Waals surface area contributed by atoms with Crippen LogP contribution in [-0.2, 0) is 7.05 Å². The average Bonchev–Trinajstić information content (AvgIpc) is 2.57. The van der Waals surface area contributed by atoms with E-state index in [2.05, 4.69) is 20.9 Å². The van der Waals surface area contributed by atoms with Gasteiger partial charge in [-0.05, 0) is 41.1 Å². The molecule has 0 saturated carbocycles. The number of hydrogen-bond acceptors (Lipinski definition) is 2. The van der Waals surface area contributed by atoms with Gasteiger partial charge in [0, 0.05) is 12.1 Å². The van der Waals surface area contributed by atoms with Crippen LogP contribution in [0.4, 0.5) is 0 Å². The topological polar surface area (TPSA) is 27.1 Å². The van der Waals surface area contributed by atoms with E-state index in [4.69, 9.17) is 16.3 Å². The Hall–Kier alpha value is -1.000. The Balaban J connectivity index is 2.67. The van der Waals surface area contributed by atoms with E-state index in [1.807, 2.05) is 30.7 Å². The first-order chi connectivity index (χ1) is 8.04. The van der Waals surface area contributed by atoms with Crippen LogP contribution in [-0.4, -0.2) is 16.7 Å². The molecule has 90 valence electrons. The van der Waals surface area contributed by atoms with Crippen molar-refractivity contribution in [3.63, 3.8) is 0 Å². The molecule has 0 saturated heterocycles. The number of aromatic nitrogens is 2. The lowest BCUT2D eigenvalue weighted by molar-refractivity contribution is 0.416. The molecule has 2 rings (SSSR count). The molecule has 0 radical (unpaired) electrons. The molecule has 2 aromatic rings. The summed E-state index contributed by atoms with van der Waals surface area (Å²) >= 11 is 9.51. The first-order valence-electron chi connectivity index (χ1n) is 5.07. The number of methoxy groups -OCH3 is 1. The van der Waals surface area contributed by atoms with Crippen LogP contribution in [0.25, 0.3) is 11.4 Å². The second kappa shape index (κ2) is 4.70. The summed E-state index contributed by atoms with van der Waals surface area (Å²) in [5.41, 5.74) is 1.82. The summed E-state index contributed by atoms with van der Waals surface area (Å²) in [6, 6.07) is 5.50. The smallest absolute Gasteiger partial charge is 0.144 e. The Bertz CT molecular complexity index is 566. The second-order valence-corrected chi connectivity index (χ2v) is 4.90. The van der Waals surface area contributed by atoms with Gasteiger partial charge in [-0.15, -0.1) is 0 Å². The van der Waals surface area contributed by atoms with Crippen LogP contribution in [0.5, 0.6) is 5.75 Å². The second-order valence-electron chi connectivity index (χ2n) is 3.72. The molecule has 0 bridgehead atoms. The van der Waals surface area contributed by atoms with E-state index in [0.29, 0.717) is 5.02 Å². The number of halogens is 2. The van der Waals surface area contributed by atoms with Gasteiger partial charge in [-0.1, -0.05) is 11.6 Å². The van der Waals surface area contributed by atoms with Crippen molar-refractivity contribution in [3.05, 3.63) is 33.5 Å². The number of rotatable bonds is 2. The van der Waals surface area contributed by atoms with Crippen LogP contribution in [0.15, 0.2) is 22.8 Å². The summed E-state index contributed by atoms with van der Waals surface area (Å²) in [5.74, 6) is 1.59. The van der Waals surface area contributed by atoms with Crippen LogP contribution in [0.1, 0.15) is 5.69 Å². The number of nitrogens with zero attached hydrogens (tertiary/aromatic N) is 2. The number of ether oxygens (including phenoxy) is 1. The fourth-order valence-electron chi connectivity index (χ4n) is 1.71. The highest BCUT2D eigenvalue weighted by Crippen LogP contribution is 2.33. The zero-order valence-corrected chi connectivity index (χ0v) is 12.1. The zero-order chi connectivity index (χ0) is 12.6. The minimum Gasteiger partial charge on any atom is -0.496 e. The van der Waals surface area contributed by atoms with E-state index in [9.17, 15) is 0 Å². The molecule has 0 atom stereocenters. The first-order valence-corrected chi connectivity index (χ1v) is 6.24. The minimum absolute atomic E-state index is 0.664. The largest absolute Gasteiger partial charge is 0.496 e. The molecule has 0 amide bonds. The molecule has 3 nitrogen and oxygen atoms in total. The van der Waals surface area contributed by atoms with Crippen molar-refractivity contribution in [2.75, 3.05) is 7.11 Å². The normalized spacial score (nSPS) is 10.6. The van der Waals surface area contributed by atoms with E-state index in [0.717, 1.165) is 27.4 Å². The third-order valence-corrected chi connectivity index (χ3v) is 3.93. The summed E-state index contributed by atoms with van der Waals surface area (Å²) in [4.78, 5) is 4.51. The van der Waals surface area contributed by atoms with Crippen molar-refractivity contribution in [2.45, 2.75) is 6.92 Å². The fourth-order valence-corrected chi connectivity index (χ4v) is 2.14. The molecule has 1 heterocycles. The predicted molar refractivity (Wildman–Crippen MR) is 72.6 cm³/mol. The highest BCUT2D eigenvalue weighted by Gasteiger charge is 2.15. The Kier molecular flexibility index (Phi) is 3.45. The molecular formula is C12H12BrClN2O. The molecule has 1 aromatic carbocycles. The Morgan fingerprint density at radius 3 is 2.65 bits per heavy atom. The van der Waals surface area contributed by atoms with Gasteiger partial charge in [0.25, 0.3) is 0 Å². The summed E-state index contributed by atoms with van der Waals surface area (Å²) in [6.07, 6.45) is 0. The maximum Gasteiger partial charge on any atom is 0.144 e. The van der Waals surface area contributed by atoms with Crippen molar-refractivity contribution in [2.24, 2.45) is 7.05 Å². The van der Waals surface area contributed by atoms with Crippen molar-refractivity contribution >= 4 is 27.5 Å². The van der Waals surface area contributed by atoms with Gasteiger partial charge >= 0.3 is 0 Å². The highest BCUT2D eigenvalue weighted by molar-refractivity contribution is 9.10. The Morgan fingerprint density at radius 1 is 1.41 bits per heavy atom. The molecule has 0 aliphatic heterocycles. The van der Waals surface area contributed by atoms with Crippen molar-refractivity contribution in [3.8, 4) is 17.1 Å². The van der Waals surface area contributed by atoms with Crippen molar-refractivity contribution in [1.29, 1.82) is 0 Å². The van der Waals surface area contributed by atoms with Gasteiger partial charge in [0.1, 0.15) is 16.2 Å². The van der Waals surface area contributed by atoms with Gasteiger partial charge < -0.3 is 9.30 Å². The Labute approximate surface area is 114 Å². The lowest BCUT2D eigenvalue weighted by atomic mass is 10.2. The minimum atomic E-state index is 0.664. The highest BCUT2D eigenvalue weighted by atomic mass is 79.9. The van der Waals surface area contributed by atoms with E-state index in [1.54, 1.807) is 13.2 Å². The lowest BCUT2D eigenvalue weighted by Crippen LogP contribution is -1.95. The van der Waals surface area contributed by atoms with Crippen molar-refractivity contribution in [1.82, 2.24) is 9.55 Å². The number of hydrogen-bond donors (Lipinski definition) is 0. The molecular weight excluding hydrogens is 304 g/mol. The van der Waals surface area contributed by atoms with Crippen LogP contribution >= 0.6 is 27.5 Å². The summed E-state index contributed by atoms with van der Waals surface area (Å²) in [6.45, 7) is 1.95. The monoisotopic (exact) mass is 314 g/mol. The maximum absolute atomic E-state index is 6.02. The SMILES string of the molecule is COc1ccc(Cl)cc1-c1nc(C)c(Br)n1C. The van der Waals surface area contributed by atoms with E-state index >= 15 is 0 Å². The van der Waals surface area contributed by atoms with Gasteiger partial charge in [0.2, 0.25) is 0 Å². The zero-order valence-electron chi connectivity index (χ0n) is 9.79. The molecule has 0 aliphatic rings. The number of aryl methyl sites for hydroxylation is 1.